The van der Waals surface area contributed by atoms with Gasteiger partial charge in [-0.15, -0.1) is 0 Å². The maximum Gasteiger partial charge on any atom is 0.260 e. The van der Waals surface area contributed by atoms with Crippen molar-refractivity contribution in [2.75, 3.05) is 12.4 Å². The number of aliphatic hydroxyl groups is 1. The summed E-state index contributed by atoms with van der Waals surface area (Å²) in [4.78, 5) is 12.6. The third kappa shape index (κ3) is 3.57. The number of nitrogens with one attached hydrogen (secondary N) is 1. The Hall–Kier alpha value is -2.24. The van der Waals surface area contributed by atoms with Gasteiger partial charge >= 0.3 is 0 Å². The van der Waals surface area contributed by atoms with E-state index in [4.69, 9.17) is 16.3 Å². The van der Waals surface area contributed by atoms with Gasteiger partial charge in [0.15, 0.2) is 17.1 Å². The van der Waals surface area contributed by atoms with Crippen molar-refractivity contribution in [3.05, 3.63) is 53.1 Å². The van der Waals surface area contributed by atoms with E-state index in [-0.39, 0.29) is 17.9 Å². The molecule has 3 N–H and O–H groups in total. The second-order valence-electron chi connectivity index (χ2n) is 5.06. The molecule has 0 aliphatic carbocycles. The van der Waals surface area contributed by atoms with E-state index < -0.39 is 11.5 Å². The lowest BCUT2D eigenvalue weighted by Gasteiger charge is -2.26. The number of phenolic OH excluding ortho intramolecular Hbond substituents is 1. The first kappa shape index (κ1) is 17.1. The number of benzene rings is 2. The van der Waals surface area contributed by atoms with Crippen LogP contribution in [0.2, 0.25) is 5.02 Å². The molecule has 0 radical (unpaired) electrons. The molecule has 0 saturated heterocycles. The quantitative estimate of drug-likeness (QED) is 0.733. The fourth-order valence-electron chi connectivity index (χ4n) is 2.23. The molecule has 1 amide bonds. The van der Waals surface area contributed by atoms with Gasteiger partial charge in [-0.25, -0.2) is 0 Å². The van der Waals surface area contributed by atoms with Crippen molar-refractivity contribution in [2.45, 2.75) is 18.9 Å². The number of carbonyl (C=O) groups is 1. The molecule has 0 aliphatic rings. The predicted molar refractivity (Wildman–Crippen MR) is 88.9 cm³/mol. The number of carbonyl (C=O) groups excluding carboxylic acids is 1. The minimum absolute atomic E-state index is 0.0360. The number of anilines is 1. The van der Waals surface area contributed by atoms with Crippen LogP contribution in [-0.4, -0.2) is 23.2 Å². The second kappa shape index (κ2) is 6.89. The van der Waals surface area contributed by atoms with Gasteiger partial charge in [0.2, 0.25) is 0 Å². The number of methoxy groups -OCH3 is 1. The van der Waals surface area contributed by atoms with Crippen molar-refractivity contribution < 1.29 is 19.7 Å². The van der Waals surface area contributed by atoms with Crippen molar-refractivity contribution in [3.63, 3.8) is 0 Å². The fraction of sp³-hybridized carbons (Fsp3) is 0.235. The molecular formula is C17H18ClNO4. The van der Waals surface area contributed by atoms with E-state index in [1.165, 1.54) is 25.3 Å². The third-order valence-corrected chi connectivity index (χ3v) is 3.86. The number of halogens is 1. The molecule has 0 aromatic heterocycles. The van der Waals surface area contributed by atoms with E-state index in [9.17, 15) is 15.0 Å². The first-order chi connectivity index (χ1) is 10.9. The zero-order valence-electron chi connectivity index (χ0n) is 12.8. The van der Waals surface area contributed by atoms with Crippen LogP contribution in [-0.2, 0) is 10.4 Å². The summed E-state index contributed by atoms with van der Waals surface area (Å²) in [6.07, 6.45) is 0.175. The van der Waals surface area contributed by atoms with E-state index in [2.05, 4.69) is 5.32 Å². The highest BCUT2D eigenvalue weighted by molar-refractivity contribution is 6.30. The number of hydrogen-bond donors (Lipinski definition) is 3. The predicted octanol–water partition coefficient (Wildman–Crippen LogP) is 3.29. The monoisotopic (exact) mass is 335 g/mol. The van der Waals surface area contributed by atoms with Crippen LogP contribution < -0.4 is 10.1 Å². The van der Waals surface area contributed by atoms with Crippen LogP contribution in [0.15, 0.2) is 42.5 Å². The standard InChI is InChI=1S/C17H18ClNO4/c1-3-17(22,11-5-4-6-12(18)9-11)16(21)19-13-7-8-14(20)15(10-13)23-2/h4-10,20,22H,3H2,1-2H3,(H,19,21). The van der Waals surface area contributed by atoms with E-state index in [0.29, 0.717) is 16.3 Å². The van der Waals surface area contributed by atoms with Crippen molar-refractivity contribution in [1.29, 1.82) is 0 Å². The Kier molecular flexibility index (Phi) is 5.13. The van der Waals surface area contributed by atoms with E-state index in [1.807, 2.05) is 0 Å². The Morgan fingerprint density at radius 1 is 1.30 bits per heavy atom. The lowest BCUT2D eigenvalue weighted by molar-refractivity contribution is -0.135. The molecule has 0 fully saturated rings. The molecule has 122 valence electrons. The van der Waals surface area contributed by atoms with Gasteiger partial charge in [0.25, 0.3) is 5.91 Å². The molecule has 23 heavy (non-hydrogen) atoms. The summed E-state index contributed by atoms with van der Waals surface area (Å²) in [5, 5.41) is 23.4. The molecule has 2 rings (SSSR count). The highest BCUT2D eigenvalue weighted by atomic mass is 35.5. The summed E-state index contributed by atoms with van der Waals surface area (Å²) in [5.74, 6) is -0.397. The van der Waals surface area contributed by atoms with E-state index in [0.717, 1.165) is 0 Å². The highest BCUT2D eigenvalue weighted by Crippen LogP contribution is 2.31. The van der Waals surface area contributed by atoms with E-state index >= 15 is 0 Å². The molecule has 0 bridgehead atoms. The van der Waals surface area contributed by atoms with Gasteiger partial charge in [-0.3, -0.25) is 4.79 Å². The number of hydrogen-bond acceptors (Lipinski definition) is 4. The molecule has 1 unspecified atom stereocenters. The van der Waals surface area contributed by atoms with Gasteiger partial charge in [0, 0.05) is 16.8 Å². The summed E-state index contributed by atoms with van der Waals surface area (Å²) >= 11 is 5.94. The number of aromatic hydroxyl groups is 1. The van der Waals surface area contributed by atoms with Crippen LogP contribution in [0, 0.1) is 0 Å². The van der Waals surface area contributed by atoms with Gasteiger partial charge in [-0.05, 0) is 36.2 Å². The Morgan fingerprint density at radius 2 is 2.04 bits per heavy atom. The van der Waals surface area contributed by atoms with Gasteiger partial charge in [0.1, 0.15) is 0 Å². The van der Waals surface area contributed by atoms with Crippen LogP contribution in [0.5, 0.6) is 11.5 Å². The van der Waals surface area contributed by atoms with Crippen molar-refractivity contribution in [2.24, 2.45) is 0 Å². The average molecular weight is 336 g/mol. The lowest BCUT2D eigenvalue weighted by atomic mass is 9.90. The average Bonchev–Trinajstić information content (AvgIpc) is 2.55. The van der Waals surface area contributed by atoms with Crippen LogP contribution in [0.3, 0.4) is 0 Å². The highest BCUT2D eigenvalue weighted by Gasteiger charge is 2.36. The molecule has 0 aliphatic heterocycles. The maximum absolute atomic E-state index is 12.6. The van der Waals surface area contributed by atoms with Crippen LogP contribution in [0.25, 0.3) is 0 Å². The van der Waals surface area contributed by atoms with Gasteiger partial charge in [-0.1, -0.05) is 30.7 Å². The molecule has 0 heterocycles. The van der Waals surface area contributed by atoms with Gasteiger partial charge in [-0.2, -0.15) is 0 Å². The van der Waals surface area contributed by atoms with Crippen LogP contribution >= 0.6 is 11.6 Å². The summed E-state index contributed by atoms with van der Waals surface area (Å²) in [6.45, 7) is 1.71. The topological polar surface area (TPSA) is 78.8 Å². The Morgan fingerprint density at radius 3 is 2.65 bits per heavy atom. The molecular weight excluding hydrogens is 318 g/mol. The minimum Gasteiger partial charge on any atom is -0.504 e. The maximum atomic E-state index is 12.6. The summed E-state index contributed by atoms with van der Waals surface area (Å²) in [6, 6.07) is 10.9. The van der Waals surface area contributed by atoms with Crippen molar-refractivity contribution >= 4 is 23.2 Å². The molecule has 0 saturated carbocycles. The molecule has 0 spiro atoms. The number of phenols is 1. The first-order valence-electron chi connectivity index (χ1n) is 7.07. The van der Waals surface area contributed by atoms with Crippen LogP contribution in [0.1, 0.15) is 18.9 Å². The SMILES string of the molecule is CCC(O)(C(=O)Nc1ccc(O)c(OC)c1)c1cccc(Cl)c1. The summed E-state index contributed by atoms with van der Waals surface area (Å²) in [7, 11) is 1.41. The summed E-state index contributed by atoms with van der Waals surface area (Å²) < 4.78 is 5.00. The molecule has 6 heteroatoms. The molecule has 2 aromatic carbocycles. The molecule has 2 aromatic rings. The van der Waals surface area contributed by atoms with Gasteiger partial charge < -0.3 is 20.3 Å². The first-order valence-corrected chi connectivity index (χ1v) is 7.45. The minimum atomic E-state index is -1.71. The Balaban J connectivity index is 2.30. The second-order valence-corrected chi connectivity index (χ2v) is 5.50. The lowest BCUT2D eigenvalue weighted by Crippen LogP contribution is -2.39. The molecule has 1 atom stereocenters. The number of ether oxygens (including phenoxy) is 1. The zero-order valence-corrected chi connectivity index (χ0v) is 13.6. The Labute approximate surface area is 139 Å². The largest absolute Gasteiger partial charge is 0.504 e. The molecule has 5 nitrogen and oxygen atoms in total. The Bertz CT molecular complexity index is 719. The van der Waals surface area contributed by atoms with Gasteiger partial charge in [0.05, 0.1) is 7.11 Å². The van der Waals surface area contributed by atoms with Crippen molar-refractivity contribution in [3.8, 4) is 11.5 Å². The smallest absolute Gasteiger partial charge is 0.260 e. The zero-order chi connectivity index (χ0) is 17.0. The van der Waals surface area contributed by atoms with Crippen molar-refractivity contribution in [1.82, 2.24) is 0 Å². The number of amides is 1. The van der Waals surface area contributed by atoms with E-state index in [1.54, 1.807) is 31.2 Å². The fourth-order valence-corrected chi connectivity index (χ4v) is 2.42. The van der Waals surface area contributed by atoms with Crippen LogP contribution in [0.4, 0.5) is 5.69 Å². The third-order valence-electron chi connectivity index (χ3n) is 3.63. The number of rotatable bonds is 5. The normalized spacial score (nSPS) is 13.2. The summed E-state index contributed by atoms with van der Waals surface area (Å²) in [5.41, 5.74) is -0.898.